The fraction of sp³-hybridized carbons (Fsp3) is 0.286. The maximum atomic E-state index is 4.90. The molecular formula is C21H22ClN4-. The molecule has 0 saturated carbocycles. The minimum Gasteiger partial charge on any atom is -1.00 e. The Morgan fingerprint density at radius 3 is 2.54 bits per heavy atom. The van der Waals surface area contributed by atoms with Crippen LogP contribution in [0, 0.1) is 12.8 Å². The lowest BCUT2D eigenvalue weighted by molar-refractivity contribution is -0.00000503. The monoisotopic (exact) mass is 365 g/mol. The molecule has 0 radical (unpaired) electrons. The van der Waals surface area contributed by atoms with Gasteiger partial charge in [-0.05, 0) is 44.0 Å². The van der Waals surface area contributed by atoms with Gasteiger partial charge < -0.3 is 23.0 Å². The van der Waals surface area contributed by atoms with Gasteiger partial charge in [-0.1, -0.05) is 30.3 Å². The summed E-state index contributed by atoms with van der Waals surface area (Å²) in [5.41, 5.74) is 7.43. The molecule has 2 aliphatic rings. The van der Waals surface area contributed by atoms with Gasteiger partial charge in [0.15, 0.2) is 0 Å². The van der Waals surface area contributed by atoms with E-state index < -0.39 is 0 Å². The summed E-state index contributed by atoms with van der Waals surface area (Å²) in [7, 11) is 0. The van der Waals surface area contributed by atoms with E-state index in [1.165, 1.54) is 29.1 Å². The molecule has 0 bridgehead atoms. The molecule has 0 fully saturated rings. The van der Waals surface area contributed by atoms with Crippen LogP contribution >= 0.6 is 0 Å². The van der Waals surface area contributed by atoms with E-state index >= 15 is 0 Å². The highest BCUT2D eigenvalue weighted by Gasteiger charge is 2.36. The largest absolute Gasteiger partial charge is 1.00 e. The summed E-state index contributed by atoms with van der Waals surface area (Å²) in [5, 5.41) is 12.3. The number of nitrogens with zero attached hydrogens (tertiary/aromatic N) is 2. The minimum atomic E-state index is 0. The zero-order valence-corrected chi connectivity index (χ0v) is 15.5. The van der Waals surface area contributed by atoms with Crippen molar-refractivity contribution in [3.8, 4) is 5.69 Å². The summed E-state index contributed by atoms with van der Waals surface area (Å²) in [4.78, 5) is 0. The van der Waals surface area contributed by atoms with Crippen LogP contribution < -0.4 is 23.0 Å². The third-order valence-corrected chi connectivity index (χ3v) is 5.53. The normalized spacial score (nSPS) is 20.3. The lowest BCUT2D eigenvalue weighted by atomic mass is 9.81. The lowest BCUT2D eigenvalue weighted by Crippen LogP contribution is -3.00. The summed E-state index contributed by atoms with van der Waals surface area (Å²) in [6.45, 7) is 3.15. The first-order chi connectivity index (χ1) is 12.3. The molecule has 2 atom stereocenters. The second-order valence-corrected chi connectivity index (χ2v) is 7.04. The molecule has 5 heteroatoms. The fourth-order valence-corrected chi connectivity index (χ4v) is 4.32. The molecule has 134 valence electrons. The van der Waals surface area contributed by atoms with Crippen LogP contribution in [-0.2, 0) is 6.42 Å². The first-order valence-corrected chi connectivity index (χ1v) is 9.04. The van der Waals surface area contributed by atoms with Gasteiger partial charge in [0.1, 0.15) is 0 Å². The molecule has 4 nitrogen and oxygen atoms in total. The highest BCUT2D eigenvalue weighted by Crippen LogP contribution is 2.42. The Balaban J connectivity index is 0.00000168. The summed E-state index contributed by atoms with van der Waals surface area (Å²) in [6.07, 6.45) is 2.25. The van der Waals surface area contributed by atoms with Crippen LogP contribution in [0.4, 0.5) is 11.4 Å². The van der Waals surface area contributed by atoms with Gasteiger partial charge in [-0.15, -0.1) is 0 Å². The molecule has 1 aliphatic heterocycles. The molecule has 0 amide bonds. The standard InChI is InChI=1S/C21H22N4.ClH/c1-14-20-19(25(24-14)16-7-3-2-4-8-16)12-11-15-13-22-17-9-5-6-10-18(17)23-21(15)20;/h2-10,15,21-23H,11-13H2,1H3;1H/p-1. The van der Waals surface area contributed by atoms with Crippen LogP contribution in [0.15, 0.2) is 54.6 Å². The number of para-hydroxylation sites is 3. The van der Waals surface area contributed by atoms with Crippen molar-refractivity contribution < 1.29 is 12.4 Å². The molecule has 1 aliphatic carbocycles. The van der Waals surface area contributed by atoms with Gasteiger partial charge in [0.25, 0.3) is 0 Å². The van der Waals surface area contributed by atoms with Crippen molar-refractivity contribution >= 4 is 11.4 Å². The molecule has 2 aromatic carbocycles. The summed E-state index contributed by atoms with van der Waals surface area (Å²) < 4.78 is 2.15. The molecule has 26 heavy (non-hydrogen) atoms. The van der Waals surface area contributed by atoms with Crippen molar-refractivity contribution in [1.82, 2.24) is 9.78 Å². The average Bonchev–Trinajstić information content (AvgIpc) is 2.88. The number of anilines is 2. The van der Waals surface area contributed by atoms with Crippen LogP contribution in [0.5, 0.6) is 0 Å². The Morgan fingerprint density at radius 2 is 1.73 bits per heavy atom. The van der Waals surface area contributed by atoms with Crippen molar-refractivity contribution in [2.45, 2.75) is 25.8 Å². The molecular weight excluding hydrogens is 344 g/mol. The van der Waals surface area contributed by atoms with Gasteiger partial charge in [0, 0.05) is 23.7 Å². The number of aromatic nitrogens is 2. The first kappa shape index (κ1) is 17.0. The van der Waals surface area contributed by atoms with Gasteiger partial charge in [-0.25, -0.2) is 4.68 Å². The Kier molecular flexibility index (Phi) is 4.37. The summed E-state index contributed by atoms with van der Waals surface area (Å²) in [6, 6.07) is 19.3. The second-order valence-electron chi connectivity index (χ2n) is 7.04. The van der Waals surface area contributed by atoms with E-state index in [0.29, 0.717) is 12.0 Å². The van der Waals surface area contributed by atoms with Crippen molar-refractivity contribution in [1.29, 1.82) is 0 Å². The quantitative estimate of drug-likeness (QED) is 0.683. The Bertz CT molecular complexity index is 919. The van der Waals surface area contributed by atoms with Crippen molar-refractivity contribution in [2.75, 3.05) is 17.2 Å². The SMILES string of the molecule is Cc1nn(-c2ccccc2)c2c1C1Nc3ccccc3NCC1CC2.[Cl-]. The highest BCUT2D eigenvalue weighted by atomic mass is 35.5. The second kappa shape index (κ2) is 6.69. The number of benzene rings is 2. The Morgan fingerprint density at radius 1 is 1.00 bits per heavy atom. The topological polar surface area (TPSA) is 41.9 Å². The molecule has 0 saturated heterocycles. The van der Waals surface area contributed by atoms with Crippen molar-refractivity contribution in [3.05, 3.63) is 71.5 Å². The zero-order valence-electron chi connectivity index (χ0n) is 14.7. The molecule has 2 unspecified atom stereocenters. The summed E-state index contributed by atoms with van der Waals surface area (Å²) >= 11 is 0. The molecule has 2 N–H and O–H groups in total. The van der Waals surface area contributed by atoms with E-state index in [2.05, 4.69) is 76.8 Å². The van der Waals surface area contributed by atoms with E-state index in [1.54, 1.807) is 0 Å². The van der Waals surface area contributed by atoms with Crippen molar-refractivity contribution in [2.24, 2.45) is 5.92 Å². The average molecular weight is 366 g/mol. The van der Waals surface area contributed by atoms with Gasteiger partial charge in [0.2, 0.25) is 0 Å². The first-order valence-electron chi connectivity index (χ1n) is 9.04. The van der Waals surface area contributed by atoms with Crippen LogP contribution in [-0.4, -0.2) is 16.3 Å². The Hall–Kier alpha value is -2.46. The number of nitrogens with one attached hydrogen (secondary N) is 2. The van der Waals surface area contributed by atoms with E-state index in [0.717, 1.165) is 24.3 Å². The van der Waals surface area contributed by atoms with Crippen molar-refractivity contribution in [3.63, 3.8) is 0 Å². The van der Waals surface area contributed by atoms with E-state index in [-0.39, 0.29) is 12.4 Å². The predicted molar refractivity (Wildman–Crippen MR) is 101 cm³/mol. The van der Waals surface area contributed by atoms with Gasteiger partial charge in [-0.2, -0.15) is 5.10 Å². The molecule has 5 rings (SSSR count). The van der Waals surface area contributed by atoms with E-state index in [4.69, 9.17) is 5.10 Å². The summed E-state index contributed by atoms with van der Waals surface area (Å²) in [5.74, 6) is 0.576. The van der Waals surface area contributed by atoms with Gasteiger partial charge >= 0.3 is 0 Å². The number of fused-ring (bicyclic) bond motifs is 4. The number of hydrogen-bond acceptors (Lipinski definition) is 3. The van der Waals surface area contributed by atoms with Crippen LogP contribution in [0.3, 0.4) is 0 Å². The van der Waals surface area contributed by atoms with Gasteiger partial charge in [-0.3, -0.25) is 0 Å². The number of rotatable bonds is 1. The van der Waals surface area contributed by atoms with Crippen LogP contribution in [0.25, 0.3) is 5.69 Å². The number of aryl methyl sites for hydroxylation is 1. The minimum absolute atomic E-state index is 0. The lowest BCUT2D eigenvalue weighted by Gasteiger charge is -2.31. The molecule has 1 aromatic heterocycles. The Labute approximate surface area is 160 Å². The highest BCUT2D eigenvalue weighted by molar-refractivity contribution is 5.70. The molecule has 2 heterocycles. The van der Waals surface area contributed by atoms with Crippen LogP contribution in [0.2, 0.25) is 0 Å². The van der Waals surface area contributed by atoms with Gasteiger partial charge in [0.05, 0.1) is 28.8 Å². The predicted octanol–water partition coefficient (Wildman–Crippen LogP) is 1.33. The number of halogens is 1. The fourth-order valence-electron chi connectivity index (χ4n) is 4.32. The maximum Gasteiger partial charge on any atom is 0.0653 e. The van der Waals surface area contributed by atoms with Crippen LogP contribution in [0.1, 0.15) is 29.4 Å². The third-order valence-electron chi connectivity index (χ3n) is 5.53. The smallest absolute Gasteiger partial charge is 0.0653 e. The zero-order chi connectivity index (χ0) is 16.8. The molecule has 3 aromatic rings. The molecule has 0 spiro atoms. The maximum absolute atomic E-state index is 4.90. The van der Waals surface area contributed by atoms with E-state index in [1.807, 2.05) is 0 Å². The van der Waals surface area contributed by atoms with E-state index in [9.17, 15) is 0 Å². The third kappa shape index (κ3) is 2.65. The number of hydrogen-bond donors (Lipinski definition) is 2.